The van der Waals surface area contributed by atoms with Crippen LogP contribution in [0.3, 0.4) is 0 Å². The Balaban J connectivity index is 2.12. The lowest BCUT2D eigenvalue weighted by Crippen LogP contribution is -2.41. The smallest absolute Gasteiger partial charge is 0.240 e. The highest BCUT2D eigenvalue weighted by Gasteiger charge is 2.32. The largest absolute Gasteiger partial charge is 0.393 e. The number of aryl methyl sites for hydroxylation is 1. The molecule has 4 nitrogen and oxygen atoms in total. The second-order valence-corrected chi connectivity index (χ2v) is 7.75. The molecule has 116 valence electrons. The standard InChI is InChI=1S/C15H22N2O2S2/c1-2-4-11-7-9-12(10-8-11)21(18,19)17-14-6-3-5-13(14)15(16)20/h7-10,13-14,17H,2-6H2,1H3,(H2,16,20). The summed E-state index contributed by atoms with van der Waals surface area (Å²) in [5, 5.41) is 0. The molecule has 2 atom stereocenters. The third-order valence-corrected chi connectivity index (χ3v) is 5.77. The molecule has 0 radical (unpaired) electrons. The predicted molar refractivity (Wildman–Crippen MR) is 88.7 cm³/mol. The van der Waals surface area contributed by atoms with Crippen LogP contribution in [0, 0.1) is 5.92 Å². The minimum atomic E-state index is -3.51. The minimum absolute atomic E-state index is 0.0332. The van der Waals surface area contributed by atoms with Gasteiger partial charge in [-0.3, -0.25) is 0 Å². The Hall–Kier alpha value is -0.980. The van der Waals surface area contributed by atoms with Gasteiger partial charge in [0.15, 0.2) is 0 Å². The Bertz CT molecular complexity index is 597. The van der Waals surface area contributed by atoms with Gasteiger partial charge in [-0.2, -0.15) is 0 Å². The maximum atomic E-state index is 12.4. The van der Waals surface area contributed by atoms with E-state index in [1.165, 1.54) is 0 Å². The fourth-order valence-corrected chi connectivity index (χ4v) is 4.43. The summed E-state index contributed by atoms with van der Waals surface area (Å²) in [6.45, 7) is 2.10. The van der Waals surface area contributed by atoms with E-state index in [1.807, 2.05) is 12.1 Å². The van der Waals surface area contributed by atoms with Crippen molar-refractivity contribution < 1.29 is 8.42 Å². The molecule has 3 N–H and O–H groups in total. The second-order valence-electron chi connectivity index (χ2n) is 5.56. The molecule has 1 aromatic rings. The molecule has 0 aliphatic heterocycles. The van der Waals surface area contributed by atoms with Crippen LogP contribution in [0.15, 0.2) is 29.2 Å². The van der Waals surface area contributed by atoms with E-state index >= 15 is 0 Å². The fraction of sp³-hybridized carbons (Fsp3) is 0.533. The third kappa shape index (κ3) is 4.02. The van der Waals surface area contributed by atoms with Crippen molar-refractivity contribution in [2.24, 2.45) is 11.7 Å². The molecule has 1 aliphatic carbocycles. The van der Waals surface area contributed by atoms with Gasteiger partial charge in [0.25, 0.3) is 0 Å². The lowest BCUT2D eigenvalue weighted by molar-refractivity contribution is 0.525. The molecule has 0 bridgehead atoms. The van der Waals surface area contributed by atoms with E-state index in [4.69, 9.17) is 18.0 Å². The normalized spacial score (nSPS) is 22.3. The van der Waals surface area contributed by atoms with Crippen LogP contribution in [-0.2, 0) is 16.4 Å². The highest BCUT2D eigenvalue weighted by Crippen LogP contribution is 2.27. The number of benzene rings is 1. The first-order valence-electron chi connectivity index (χ1n) is 7.34. The van der Waals surface area contributed by atoms with Crippen molar-refractivity contribution in [3.05, 3.63) is 29.8 Å². The summed E-state index contributed by atoms with van der Waals surface area (Å²) in [6.07, 6.45) is 4.60. The maximum Gasteiger partial charge on any atom is 0.240 e. The predicted octanol–water partition coefficient (Wildman–Crippen LogP) is 2.37. The first-order chi connectivity index (χ1) is 9.94. The number of sulfonamides is 1. The summed E-state index contributed by atoms with van der Waals surface area (Å²) in [4.78, 5) is 0.703. The van der Waals surface area contributed by atoms with E-state index in [-0.39, 0.29) is 12.0 Å². The van der Waals surface area contributed by atoms with Crippen LogP contribution in [0.25, 0.3) is 0 Å². The first-order valence-corrected chi connectivity index (χ1v) is 9.24. The number of nitrogens with one attached hydrogen (secondary N) is 1. The second kappa shape index (κ2) is 6.85. The Labute approximate surface area is 132 Å². The van der Waals surface area contributed by atoms with Crippen LogP contribution in [0.4, 0.5) is 0 Å². The lowest BCUT2D eigenvalue weighted by Gasteiger charge is -2.20. The summed E-state index contributed by atoms with van der Waals surface area (Å²) >= 11 is 5.03. The van der Waals surface area contributed by atoms with Gasteiger partial charge in [0.2, 0.25) is 10.0 Å². The summed E-state index contributed by atoms with van der Waals surface area (Å²) in [5.74, 6) is -0.0332. The van der Waals surface area contributed by atoms with Crippen molar-refractivity contribution in [1.82, 2.24) is 4.72 Å². The fourth-order valence-electron chi connectivity index (χ4n) is 2.83. The maximum absolute atomic E-state index is 12.4. The SMILES string of the molecule is CCCc1ccc(S(=O)(=O)NC2CCCC2C(N)=S)cc1. The Morgan fingerprint density at radius 3 is 2.57 bits per heavy atom. The molecule has 0 aromatic heterocycles. The summed E-state index contributed by atoms with van der Waals surface area (Å²) < 4.78 is 27.6. The van der Waals surface area contributed by atoms with E-state index in [0.717, 1.165) is 37.7 Å². The van der Waals surface area contributed by atoms with Crippen LogP contribution in [-0.4, -0.2) is 19.4 Å². The molecule has 1 aromatic carbocycles. The van der Waals surface area contributed by atoms with Crippen molar-refractivity contribution in [2.75, 3.05) is 0 Å². The molecular formula is C15H22N2O2S2. The van der Waals surface area contributed by atoms with E-state index < -0.39 is 10.0 Å². The van der Waals surface area contributed by atoms with Crippen LogP contribution in [0.1, 0.15) is 38.2 Å². The van der Waals surface area contributed by atoms with E-state index in [9.17, 15) is 8.42 Å². The van der Waals surface area contributed by atoms with Gasteiger partial charge >= 0.3 is 0 Å². The molecule has 21 heavy (non-hydrogen) atoms. The van der Waals surface area contributed by atoms with Crippen molar-refractivity contribution in [3.8, 4) is 0 Å². The average Bonchev–Trinajstić information content (AvgIpc) is 2.87. The molecule has 6 heteroatoms. The van der Waals surface area contributed by atoms with Crippen LogP contribution in [0.2, 0.25) is 0 Å². The lowest BCUT2D eigenvalue weighted by atomic mass is 10.1. The van der Waals surface area contributed by atoms with Crippen molar-refractivity contribution in [3.63, 3.8) is 0 Å². The quantitative estimate of drug-likeness (QED) is 0.787. The number of hydrogen-bond acceptors (Lipinski definition) is 3. The van der Waals surface area contributed by atoms with Gasteiger partial charge in [-0.05, 0) is 37.0 Å². The van der Waals surface area contributed by atoms with E-state index in [1.54, 1.807) is 12.1 Å². The number of hydrogen-bond donors (Lipinski definition) is 2. The molecule has 1 aliphatic rings. The molecule has 2 rings (SSSR count). The van der Waals surface area contributed by atoms with Crippen LogP contribution >= 0.6 is 12.2 Å². The first kappa shape index (κ1) is 16.4. The Morgan fingerprint density at radius 1 is 1.33 bits per heavy atom. The minimum Gasteiger partial charge on any atom is -0.393 e. The zero-order chi connectivity index (χ0) is 15.5. The summed E-state index contributed by atoms with van der Waals surface area (Å²) in [7, 11) is -3.51. The van der Waals surface area contributed by atoms with Gasteiger partial charge in [0, 0.05) is 12.0 Å². The molecule has 1 fully saturated rings. The number of nitrogens with two attached hydrogens (primary N) is 1. The summed E-state index contributed by atoms with van der Waals surface area (Å²) in [6, 6.07) is 6.90. The van der Waals surface area contributed by atoms with Crippen LogP contribution < -0.4 is 10.5 Å². The number of thiocarbonyl (C=S) groups is 1. The molecular weight excluding hydrogens is 304 g/mol. The third-order valence-electron chi connectivity index (χ3n) is 3.96. The average molecular weight is 326 g/mol. The highest BCUT2D eigenvalue weighted by molar-refractivity contribution is 7.89. The van der Waals surface area contributed by atoms with Gasteiger partial charge in [0.05, 0.1) is 9.88 Å². The Kier molecular flexibility index (Phi) is 5.35. The van der Waals surface area contributed by atoms with E-state index in [0.29, 0.717) is 9.88 Å². The Morgan fingerprint density at radius 2 is 2.00 bits per heavy atom. The van der Waals surface area contributed by atoms with Gasteiger partial charge in [0.1, 0.15) is 0 Å². The van der Waals surface area contributed by atoms with Crippen molar-refractivity contribution in [1.29, 1.82) is 0 Å². The number of rotatable bonds is 6. The van der Waals surface area contributed by atoms with Crippen molar-refractivity contribution in [2.45, 2.75) is 50.0 Å². The van der Waals surface area contributed by atoms with Crippen LogP contribution in [0.5, 0.6) is 0 Å². The zero-order valence-corrected chi connectivity index (χ0v) is 13.8. The van der Waals surface area contributed by atoms with Crippen molar-refractivity contribution >= 4 is 27.2 Å². The zero-order valence-electron chi connectivity index (χ0n) is 12.2. The molecule has 1 saturated carbocycles. The molecule has 2 unspecified atom stereocenters. The van der Waals surface area contributed by atoms with Gasteiger partial charge in [-0.15, -0.1) is 0 Å². The van der Waals surface area contributed by atoms with Gasteiger partial charge in [-0.25, -0.2) is 13.1 Å². The van der Waals surface area contributed by atoms with E-state index in [2.05, 4.69) is 11.6 Å². The summed E-state index contributed by atoms with van der Waals surface area (Å²) in [5.41, 5.74) is 6.85. The van der Waals surface area contributed by atoms with Gasteiger partial charge < -0.3 is 5.73 Å². The van der Waals surface area contributed by atoms with Gasteiger partial charge in [-0.1, -0.05) is 44.1 Å². The monoisotopic (exact) mass is 326 g/mol. The molecule has 0 heterocycles. The topological polar surface area (TPSA) is 72.2 Å². The highest BCUT2D eigenvalue weighted by atomic mass is 32.2. The molecule has 0 saturated heterocycles. The molecule has 0 spiro atoms. The molecule has 0 amide bonds.